The van der Waals surface area contributed by atoms with E-state index in [1.807, 2.05) is 14.1 Å². The van der Waals surface area contributed by atoms with E-state index >= 15 is 0 Å². The molecule has 3 heteroatoms. The number of unbranched alkanes of at least 4 members (excludes halogenated alkanes) is 9. The van der Waals surface area contributed by atoms with Gasteiger partial charge in [0.2, 0.25) is 0 Å². The van der Waals surface area contributed by atoms with Gasteiger partial charge in [0.1, 0.15) is 5.76 Å². The van der Waals surface area contributed by atoms with E-state index in [2.05, 4.69) is 43.9 Å². The number of allylic oxidation sites excluding steroid dienone is 4. The van der Waals surface area contributed by atoms with Gasteiger partial charge < -0.3 is 9.64 Å². The molecule has 0 N–H and O–H groups in total. The van der Waals surface area contributed by atoms with Crippen molar-refractivity contribution in [2.45, 2.75) is 143 Å². The standard InChI is InChI=1S/C33H61NO2/c1-6-8-16-21-30-28-31(30)22-17-14-12-10-11-13-15-18-23-32(26-25-29(3)20-9-7-2)36-33(35)24-19-27-34(4)5/h9,20,26,29-31H,6-8,10-19,21-25,27-28H2,1-5H3/b20-9+,32-26+. The Morgan fingerprint density at radius 2 is 1.47 bits per heavy atom. The van der Waals surface area contributed by atoms with Crippen LogP contribution in [0.25, 0.3) is 0 Å². The lowest BCUT2D eigenvalue weighted by molar-refractivity contribution is -0.139. The molecule has 0 aromatic rings. The molecule has 0 saturated heterocycles. The van der Waals surface area contributed by atoms with Gasteiger partial charge in [0.05, 0.1) is 0 Å². The minimum absolute atomic E-state index is 0.0710. The molecule has 1 aliphatic carbocycles. The molecule has 0 spiro atoms. The van der Waals surface area contributed by atoms with E-state index < -0.39 is 0 Å². The number of nitrogens with zero attached hydrogens (tertiary/aromatic N) is 1. The molecule has 1 rings (SSSR count). The van der Waals surface area contributed by atoms with E-state index in [1.54, 1.807) is 0 Å². The number of hydrogen-bond acceptors (Lipinski definition) is 3. The van der Waals surface area contributed by atoms with Crippen molar-refractivity contribution in [3.63, 3.8) is 0 Å². The molecule has 0 aliphatic heterocycles. The van der Waals surface area contributed by atoms with Gasteiger partial charge in [0, 0.05) is 12.8 Å². The fourth-order valence-corrected chi connectivity index (χ4v) is 5.14. The van der Waals surface area contributed by atoms with Crippen LogP contribution in [0.1, 0.15) is 143 Å². The first-order valence-electron chi connectivity index (χ1n) is 15.7. The highest BCUT2D eigenvalue weighted by molar-refractivity contribution is 5.70. The van der Waals surface area contributed by atoms with Gasteiger partial charge in [-0.25, -0.2) is 0 Å². The highest BCUT2D eigenvalue weighted by Crippen LogP contribution is 2.45. The minimum Gasteiger partial charge on any atom is -0.431 e. The summed E-state index contributed by atoms with van der Waals surface area (Å²) in [6, 6.07) is 0. The number of ether oxygens (including phenoxy) is 1. The molecule has 1 aliphatic rings. The summed E-state index contributed by atoms with van der Waals surface area (Å²) in [4.78, 5) is 14.5. The molecule has 210 valence electrons. The number of carbonyl (C=O) groups is 1. The molecule has 0 aromatic heterocycles. The molecular weight excluding hydrogens is 442 g/mol. The maximum absolute atomic E-state index is 12.3. The van der Waals surface area contributed by atoms with Gasteiger partial charge in [-0.2, -0.15) is 0 Å². The van der Waals surface area contributed by atoms with Crippen molar-refractivity contribution in [1.82, 2.24) is 4.90 Å². The summed E-state index contributed by atoms with van der Waals surface area (Å²) in [6.45, 7) is 7.63. The van der Waals surface area contributed by atoms with E-state index in [0.29, 0.717) is 12.3 Å². The number of rotatable bonds is 24. The lowest BCUT2D eigenvalue weighted by Gasteiger charge is -2.12. The zero-order valence-corrected chi connectivity index (χ0v) is 24.9. The van der Waals surface area contributed by atoms with Crippen LogP contribution in [0.3, 0.4) is 0 Å². The van der Waals surface area contributed by atoms with Crippen LogP contribution in [-0.2, 0) is 9.53 Å². The third kappa shape index (κ3) is 19.1. The Kier molecular flexibility index (Phi) is 20.1. The van der Waals surface area contributed by atoms with Crippen molar-refractivity contribution in [1.29, 1.82) is 0 Å². The Balaban J connectivity index is 2.15. The van der Waals surface area contributed by atoms with Gasteiger partial charge in [0.15, 0.2) is 0 Å². The first kappa shape index (κ1) is 32.9. The van der Waals surface area contributed by atoms with Crippen LogP contribution in [0.5, 0.6) is 0 Å². The Hall–Kier alpha value is -1.09. The Bertz CT molecular complexity index is 594. The Labute approximate surface area is 225 Å². The van der Waals surface area contributed by atoms with Crippen LogP contribution in [-0.4, -0.2) is 31.5 Å². The Morgan fingerprint density at radius 1 is 0.861 bits per heavy atom. The fraction of sp³-hybridized carbons (Fsp3) is 0.848. The third-order valence-corrected chi connectivity index (χ3v) is 7.64. The summed E-state index contributed by atoms with van der Waals surface area (Å²) < 4.78 is 5.80. The average Bonchev–Trinajstić information content (AvgIpc) is 3.59. The summed E-state index contributed by atoms with van der Waals surface area (Å²) in [5.41, 5.74) is 0. The zero-order chi connectivity index (χ0) is 26.4. The first-order valence-corrected chi connectivity index (χ1v) is 15.7. The van der Waals surface area contributed by atoms with Crippen LogP contribution in [0.4, 0.5) is 0 Å². The molecule has 3 atom stereocenters. The largest absolute Gasteiger partial charge is 0.431 e. The van der Waals surface area contributed by atoms with E-state index in [9.17, 15) is 4.79 Å². The van der Waals surface area contributed by atoms with Gasteiger partial charge in [0.25, 0.3) is 0 Å². The summed E-state index contributed by atoms with van der Waals surface area (Å²) in [7, 11) is 4.08. The fourth-order valence-electron chi connectivity index (χ4n) is 5.14. The van der Waals surface area contributed by atoms with Gasteiger partial charge in [-0.15, -0.1) is 0 Å². The maximum atomic E-state index is 12.3. The first-order chi connectivity index (χ1) is 17.5. The predicted octanol–water partition coefficient (Wildman–Crippen LogP) is 9.87. The second-order valence-electron chi connectivity index (χ2n) is 11.7. The smallest absolute Gasteiger partial charge is 0.310 e. The lowest BCUT2D eigenvalue weighted by Crippen LogP contribution is -2.15. The van der Waals surface area contributed by atoms with Gasteiger partial charge in [-0.3, -0.25) is 4.79 Å². The molecule has 3 nitrogen and oxygen atoms in total. The number of esters is 1. The van der Waals surface area contributed by atoms with Crippen LogP contribution in [0.2, 0.25) is 0 Å². The van der Waals surface area contributed by atoms with Crippen LogP contribution < -0.4 is 0 Å². The van der Waals surface area contributed by atoms with Crippen LogP contribution in [0, 0.1) is 17.8 Å². The van der Waals surface area contributed by atoms with E-state index in [0.717, 1.165) is 56.2 Å². The second-order valence-corrected chi connectivity index (χ2v) is 11.7. The van der Waals surface area contributed by atoms with Gasteiger partial charge >= 0.3 is 5.97 Å². The molecule has 0 bridgehead atoms. The van der Waals surface area contributed by atoms with Crippen molar-refractivity contribution < 1.29 is 9.53 Å². The molecule has 1 saturated carbocycles. The maximum Gasteiger partial charge on any atom is 0.310 e. The average molecular weight is 504 g/mol. The number of carbonyl (C=O) groups excluding carboxylic acids is 1. The summed E-state index contributed by atoms with van der Waals surface area (Å²) in [6.07, 6.45) is 30.4. The van der Waals surface area contributed by atoms with E-state index in [4.69, 9.17) is 4.74 Å². The molecule has 0 heterocycles. The Morgan fingerprint density at radius 3 is 2.08 bits per heavy atom. The quantitative estimate of drug-likeness (QED) is 0.0568. The molecule has 36 heavy (non-hydrogen) atoms. The normalized spacial score (nSPS) is 18.8. The minimum atomic E-state index is -0.0710. The lowest BCUT2D eigenvalue weighted by atomic mass is 10.0. The van der Waals surface area contributed by atoms with Crippen molar-refractivity contribution in [3.8, 4) is 0 Å². The molecule has 1 fully saturated rings. The van der Waals surface area contributed by atoms with Crippen molar-refractivity contribution in [3.05, 3.63) is 24.0 Å². The molecular formula is C33H61NO2. The monoisotopic (exact) mass is 503 g/mol. The molecule has 0 aromatic carbocycles. The van der Waals surface area contributed by atoms with E-state index in [-0.39, 0.29) is 5.97 Å². The predicted molar refractivity (Wildman–Crippen MR) is 157 cm³/mol. The molecule has 0 amide bonds. The molecule has 3 unspecified atom stereocenters. The van der Waals surface area contributed by atoms with E-state index in [1.165, 1.54) is 83.5 Å². The highest BCUT2D eigenvalue weighted by atomic mass is 16.5. The number of hydrogen-bond donors (Lipinski definition) is 0. The van der Waals surface area contributed by atoms with Gasteiger partial charge in [-0.05, 0) is 76.6 Å². The SMILES string of the molecule is CC/C=C/C(C)C/C=C(\CCCCCCCCCCC1CC1CCCCC)OC(=O)CCCN(C)C. The summed E-state index contributed by atoms with van der Waals surface area (Å²) in [5, 5.41) is 0. The van der Waals surface area contributed by atoms with Crippen LogP contribution >= 0.6 is 0 Å². The van der Waals surface area contributed by atoms with Gasteiger partial charge in [-0.1, -0.05) is 110 Å². The molecule has 0 radical (unpaired) electrons. The summed E-state index contributed by atoms with van der Waals surface area (Å²) >= 11 is 0. The van der Waals surface area contributed by atoms with Crippen molar-refractivity contribution >= 4 is 5.97 Å². The highest BCUT2D eigenvalue weighted by Gasteiger charge is 2.34. The van der Waals surface area contributed by atoms with Crippen molar-refractivity contribution in [2.75, 3.05) is 20.6 Å². The third-order valence-electron chi connectivity index (χ3n) is 7.64. The van der Waals surface area contributed by atoms with Crippen molar-refractivity contribution in [2.24, 2.45) is 17.8 Å². The van der Waals surface area contributed by atoms with Crippen LogP contribution in [0.15, 0.2) is 24.0 Å². The summed E-state index contributed by atoms with van der Waals surface area (Å²) in [5.74, 6) is 3.48. The second kappa shape index (κ2) is 21.9. The topological polar surface area (TPSA) is 29.5 Å². The zero-order valence-electron chi connectivity index (χ0n) is 24.9.